The molecule has 4 nitrogen and oxygen atoms in total. The number of nitrogens with zero attached hydrogens (tertiary/aromatic N) is 1. The second-order valence-corrected chi connectivity index (χ2v) is 10.3. The molecule has 0 radical (unpaired) electrons. The number of amides is 1. The third-order valence-corrected chi connectivity index (χ3v) is 7.36. The lowest BCUT2D eigenvalue weighted by Gasteiger charge is -2.20. The summed E-state index contributed by atoms with van der Waals surface area (Å²) in [5.41, 5.74) is 0.931. The maximum absolute atomic E-state index is 12.5. The standard InChI is InChI=1S/C14H12INO3S3/c15-10-3-1-9(2-4-10)7-12-13(17)16(14(20)21-12)11-5-6-22(18,19)8-11/h1-4,7,11H,5-6,8H2/b12-7+/t11-/m0/s1. The monoisotopic (exact) mass is 465 g/mol. The number of benzene rings is 1. The number of sulfone groups is 1. The lowest BCUT2D eigenvalue weighted by atomic mass is 10.2. The van der Waals surface area contributed by atoms with Gasteiger partial charge in [-0.15, -0.1) is 0 Å². The molecule has 3 rings (SSSR count). The number of carbonyl (C=O) groups is 1. The van der Waals surface area contributed by atoms with Crippen LogP contribution in [0.15, 0.2) is 29.2 Å². The molecule has 0 aliphatic carbocycles. The smallest absolute Gasteiger partial charge is 0.266 e. The van der Waals surface area contributed by atoms with Crippen LogP contribution in [0.25, 0.3) is 6.08 Å². The second kappa shape index (κ2) is 6.21. The summed E-state index contributed by atoms with van der Waals surface area (Å²) in [7, 11) is -3.04. The van der Waals surface area contributed by atoms with Gasteiger partial charge in [-0.05, 0) is 52.8 Å². The van der Waals surface area contributed by atoms with Crippen molar-refractivity contribution in [2.45, 2.75) is 12.5 Å². The first kappa shape index (κ1) is 16.4. The fourth-order valence-corrected chi connectivity index (χ4v) is 5.94. The Labute approximate surface area is 152 Å². The molecule has 116 valence electrons. The molecule has 2 saturated heterocycles. The van der Waals surface area contributed by atoms with Crippen LogP contribution in [0.4, 0.5) is 0 Å². The maximum Gasteiger partial charge on any atom is 0.266 e. The van der Waals surface area contributed by atoms with E-state index >= 15 is 0 Å². The van der Waals surface area contributed by atoms with Gasteiger partial charge in [-0.3, -0.25) is 9.69 Å². The van der Waals surface area contributed by atoms with Crippen LogP contribution in [0, 0.1) is 3.57 Å². The zero-order chi connectivity index (χ0) is 15.9. The van der Waals surface area contributed by atoms with Gasteiger partial charge in [0.05, 0.1) is 22.5 Å². The fourth-order valence-electron chi connectivity index (χ4n) is 2.48. The Hall–Kier alpha value is -0.450. The van der Waals surface area contributed by atoms with Gasteiger partial charge in [0, 0.05) is 3.57 Å². The zero-order valence-electron chi connectivity index (χ0n) is 11.4. The number of carbonyl (C=O) groups excluding carboxylic acids is 1. The summed E-state index contributed by atoms with van der Waals surface area (Å²) in [5, 5.41) is 0. The number of halogens is 1. The van der Waals surface area contributed by atoms with Crippen LogP contribution in [-0.2, 0) is 14.6 Å². The van der Waals surface area contributed by atoms with Crippen molar-refractivity contribution in [3.05, 3.63) is 38.3 Å². The van der Waals surface area contributed by atoms with Gasteiger partial charge in [0.1, 0.15) is 4.32 Å². The summed E-state index contributed by atoms with van der Waals surface area (Å²) in [6.07, 6.45) is 2.27. The third-order valence-electron chi connectivity index (χ3n) is 3.56. The fraction of sp³-hybridized carbons (Fsp3) is 0.286. The van der Waals surface area contributed by atoms with Crippen molar-refractivity contribution in [3.63, 3.8) is 0 Å². The SMILES string of the molecule is O=C1/C(=C\c2ccc(I)cc2)SC(=S)N1[C@H]1CCS(=O)(=O)C1. The Morgan fingerprint density at radius 1 is 1.32 bits per heavy atom. The van der Waals surface area contributed by atoms with Crippen LogP contribution in [0.2, 0.25) is 0 Å². The molecule has 0 unspecified atom stereocenters. The minimum absolute atomic E-state index is 0.0102. The van der Waals surface area contributed by atoms with Crippen molar-refractivity contribution in [2.24, 2.45) is 0 Å². The lowest BCUT2D eigenvalue weighted by molar-refractivity contribution is -0.123. The van der Waals surface area contributed by atoms with E-state index in [1.54, 1.807) is 6.08 Å². The molecular formula is C14H12INO3S3. The van der Waals surface area contributed by atoms with Gasteiger partial charge < -0.3 is 0 Å². The first-order chi connectivity index (χ1) is 10.4. The van der Waals surface area contributed by atoms with Crippen molar-refractivity contribution in [1.29, 1.82) is 0 Å². The highest BCUT2D eigenvalue weighted by molar-refractivity contribution is 14.1. The van der Waals surface area contributed by atoms with E-state index in [-0.39, 0.29) is 23.5 Å². The van der Waals surface area contributed by atoms with Gasteiger partial charge in [0.25, 0.3) is 5.91 Å². The highest BCUT2D eigenvalue weighted by atomic mass is 127. The molecule has 2 aliphatic heterocycles. The molecule has 0 spiro atoms. The zero-order valence-corrected chi connectivity index (χ0v) is 16.0. The predicted molar refractivity (Wildman–Crippen MR) is 101 cm³/mol. The van der Waals surface area contributed by atoms with Gasteiger partial charge in [0.2, 0.25) is 0 Å². The van der Waals surface area contributed by atoms with Gasteiger partial charge in [-0.25, -0.2) is 8.42 Å². The molecule has 2 fully saturated rings. The second-order valence-electron chi connectivity index (χ2n) is 5.16. The molecule has 8 heteroatoms. The van der Waals surface area contributed by atoms with Gasteiger partial charge >= 0.3 is 0 Å². The molecule has 1 aromatic carbocycles. The summed E-state index contributed by atoms with van der Waals surface area (Å²) >= 11 is 8.74. The van der Waals surface area contributed by atoms with Crippen molar-refractivity contribution in [2.75, 3.05) is 11.5 Å². The molecule has 0 bridgehead atoms. The van der Waals surface area contributed by atoms with E-state index in [1.807, 2.05) is 24.3 Å². The minimum Gasteiger partial charge on any atom is -0.289 e. The molecule has 1 amide bonds. The molecule has 2 aliphatic rings. The van der Waals surface area contributed by atoms with E-state index in [4.69, 9.17) is 12.2 Å². The largest absolute Gasteiger partial charge is 0.289 e. The topological polar surface area (TPSA) is 54.5 Å². The number of rotatable bonds is 2. The molecular weight excluding hydrogens is 453 g/mol. The number of hydrogen-bond acceptors (Lipinski definition) is 5. The lowest BCUT2D eigenvalue weighted by Crippen LogP contribution is -2.39. The van der Waals surface area contributed by atoms with Crippen molar-refractivity contribution < 1.29 is 13.2 Å². The number of thiocarbonyl (C=S) groups is 1. The van der Waals surface area contributed by atoms with E-state index in [0.717, 1.165) is 9.13 Å². The molecule has 1 aromatic rings. The average Bonchev–Trinajstić information content (AvgIpc) is 2.93. The summed E-state index contributed by atoms with van der Waals surface area (Å²) in [5.74, 6) is -0.0446. The Morgan fingerprint density at radius 2 is 2.00 bits per heavy atom. The van der Waals surface area contributed by atoms with Crippen LogP contribution in [0.3, 0.4) is 0 Å². The molecule has 0 aromatic heterocycles. The number of thioether (sulfide) groups is 1. The maximum atomic E-state index is 12.5. The van der Waals surface area contributed by atoms with E-state index in [2.05, 4.69) is 22.6 Å². The van der Waals surface area contributed by atoms with E-state index < -0.39 is 9.84 Å². The van der Waals surface area contributed by atoms with Crippen LogP contribution < -0.4 is 0 Å². The average molecular weight is 465 g/mol. The Morgan fingerprint density at radius 3 is 2.59 bits per heavy atom. The molecule has 2 heterocycles. The molecule has 1 atom stereocenters. The van der Waals surface area contributed by atoms with Gasteiger partial charge in [0.15, 0.2) is 9.84 Å². The summed E-state index contributed by atoms with van der Waals surface area (Å²) in [6, 6.07) is 7.50. The summed E-state index contributed by atoms with van der Waals surface area (Å²) < 4.78 is 24.8. The Balaban J connectivity index is 1.84. The summed E-state index contributed by atoms with van der Waals surface area (Å²) in [6.45, 7) is 0. The normalized spacial score (nSPS) is 26.1. The predicted octanol–water partition coefficient (Wildman–Crippen LogP) is 2.68. The highest BCUT2D eigenvalue weighted by Crippen LogP contribution is 2.36. The molecule has 22 heavy (non-hydrogen) atoms. The quantitative estimate of drug-likeness (QED) is 0.382. The van der Waals surface area contributed by atoms with Crippen molar-refractivity contribution >= 4 is 72.7 Å². The Bertz CT molecular complexity index is 771. The van der Waals surface area contributed by atoms with E-state index in [1.165, 1.54) is 16.7 Å². The van der Waals surface area contributed by atoms with E-state index in [9.17, 15) is 13.2 Å². The van der Waals surface area contributed by atoms with Crippen LogP contribution in [-0.4, -0.2) is 41.1 Å². The number of hydrogen-bond donors (Lipinski definition) is 0. The van der Waals surface area contributed by atoms with Crippen LogP contribution in [0.1, 0.15) is 12.0 Å². The van der Waals surface area contributed by atoms with Crippen LogP contribution in [0.5, 0.6) is 0 Å². The minimum atomic E-state index is -3.04. The van der Waals surface area contributed by atoms with Crippen molar-refractivity contribution in [3.8, 4) is 0 Å². The summed E-state index contributed by atoms with van der Waals surface area (Å²) in [4.78, 5) is 14.6. The molecule has 0 saturated carbocycles. The van der Waals surface area contributed by atoms with Crippen LogP contribution >= 0.6 is 46.6 Å². The van der Waals surface area contributed by atoms with E-state index in [0.29, 0.717) is 15.6 Å². The third kappa shape index (κ3) is 3.39. The van der Waals surface area contributed by atoms with Gasteiger partial charge in [-0.1, -0.05) is 36.1 Å². The van der Waals surface area contributed by atoms with Crippen molar-refractivity contribution in [1.82, 2.24) is 4.90 Å². The highest BCUT2D eigenvalue weighted by Gasteiger charge is 2.41. The molecule has 0 N–H and O–H groups in total. The van der Waals surface area contributed by atoms with Gasteiger partial charge in [-0.2, -0.15) is 0 Å². The Kier molecular flexibility index (Phi) is 4.64. The first-order valence-corrected chi connectivity index (χ1v) is 10.7. The first-order valence-electron chi connectivity index (χ1n) is 6.59.